The van der Waals surface area contributed by atoms with Gasteiger partial charge in [0.05, 0.1) is 13.2 Å². The molecule has 5 atom stereocenters. The molecular formula is C26H46O7Si2. The second-order valence-corrected chi connectivity index (χ2v) is 19.9. The zero-order valence-corrected chi connectivity index (χ0v) is 24.9. The first-order valence-electron chi connectivity index (χ1n) is 13.0. The van der Waals surface area contributed by atoms with E-state index in [4.69, 9.17) is 27.2 Å². The molecule has 0 aliphatic carbocycles. The first-order valence-corrected chi connectivity index (χ1v) is 17.0. The van der Waals surface area contributed by atoms with Crippen molar-refractivity contribution in [3.63, 3.8) is 0 Å². The summed E-state index contributed by atoms with van der Waals surface area (Å²) in [5.74, 6) is 0. The van der Waals surface area contributed by atoms with Crippen LogP contribution in [0.5, 0.6) is 0 Å². The summed E-state index contributed by atoms with van der Waals surface area (Å²) in [6.07, 6.45) is -3.50. The molecule has 9 heteroatoms. The maximum atomic E-state index is 11.6. The molecule has 0 aromatic heterocycles. The van der Waals surface area contributed by atoms with Crippen molar-refractivity contribution in [1.29, 1.82) is 0 Å². The van der Waals surface area contributed by atoms with Gasteiger partial charge in [-0.05, 0) is 27.7 Å². The van der Waals surface area contributed by atoms with Gasteiger partial charge in [-0.2, -0.15) is 0 Å². The minimum Gasteiger partial charge on any atom is -0.414 e. The minimum absolute atomic E-state index is 0.158. The van der Waals surface area contributed by atoms with Crippen molar-refractivity contribution >= 4 is 17.1 Å². The number of fused-ring (bicyclic) bond motifs is 1. The molecule has 0 unspecified atom stereocenters. The number of rotatable bonds is 8. The number of ether oxygens (including phenoxy) is 3. The minimum atomic E-state index is -2.88. The average molecular weight is 527 g/mol. The van der Waals surface area contributed by atoms with E-state index >= 15 is 0 Å². The molecule has 0 saturated carbocycles. The van der Waals surface area contributed by atoms with Crippen LogP contribution in [0.25, 0.3) is 0 Å². The van der Waals surface area contributed by atoms with Crippen LogP contribution in [0.1, 0.15) is 61.0 Å². The van der Waals surface area contributed by atoms with Gasteiger partial charge in [-0.15, -0.1) is 0 Å². The highest BCUT2D eigenvalue weighted by molar-refractivity contribution is 6.83. The van der Waals surface area contributed by atoms with E-state index in [2.05, 4.69) is 55.4 Å². The van der Waals surface area contributed by atoms with Crippen molar-refractivity contribution in [2.75, 3.05) is 13.7 Å². The van der Waals surface area contributed by atoms with Gasteiger partial charge in [0.15, 0.2) is 6.29 Å². The average Bonchev–Trinajstić information content (AvgIpc) is 2.79. The van der Waals surface area contributed by atoms with E-state index in [0.717, 1.165) is 5.56 Å². The molecule has 1 N–H and O–H groups in total. The molecule has 7 nitrogen and oxygen atoms in total. The van der Waals surface area contributed by atoms with Gasteiger partial charge in [-0.1, -0.05) is 85.7 Å². The van der Waals surface area contributed by atoms with E-state index in [0.29, 0.717) is 6.61 Å². The molecule has 2 fully saturated rings. The first-order chi connectivity index (χ1) is 16.5. The van der Waals surface area contributed by atoms with Gasteiger partial charge in [0.2, 0.25) is 0 Å². The Morgan fingerprint density at radius 1 is 0.914 bits per heavy atom. The predicted molar refractivity (Wildman–Crippen MR) is 141 cm³/mol. The van der Waals surface area contributed by atoms with Gasteiger partial charge < -0.3 is 32.3 Å². The summed E-state index contributed by atoms with van der Waals surface area (Å²) in [6.45, 7) is 18.0. The molecule has 35 heavy (non-hydrogen) atoms. The number of methoxy groups -OCH3 is 1. The van der Waals surface area contributed by atoms with Gasteiger partial charge in [-0.3, -0.25) is 0 Å². The highest BCUT2D eigenvalue weighted by Gasteiger charge is 2.61. The van der Waals surface area contributed by atoms with E-state index < -0.39 is 47.8 Å². The maximum Gasteiger partial charge on any atom is 0.335 e. The lowest BCUT2D eigenvalue weighted by Gasteiger charge is -2.54. The molecule has 3 rings (SSSR count). The second-order valence-electron chi connectivity index (χ2n) is 11.1. The largest absolute Gasteiger partial charge is 0.414 e. The topological polar surface area (TPSA) is 75.6 Å². The molecule has 0 radical (unpaired) electrons. The second kappa shape index (κ2) is 11.8. The van der Waals surface area contributed by atoms with Crippen LogP contribution in [0.15, 0.2) is 30.3 Å². The van der Waals surface area contributed by atoms with Crippen molar-refractivity contribution in [3.8, 4) is 0 Å². The van der Waals surface area contributed by atoms with Gasteiger partial charge in [0, 0.05) is 7.11 Å². The fraction of sp³-hybridized carbons (Fsp3) is 0.769. The smallest absolute Gasteiger partial charge is 0.335 e. The van der Waals surface area contributed by atoms with Crippen LogP contribution in [0.3, 0.4) is 0 Å². The highest BCUT2D eigenvalue weighted by atomic mass is 28.5. The van der Waals surface area contributed by atoms with Crippen LogP contribution in [0.2, 0.25) is 22.2 Å². The van der Waals surface area contributed by atoms with Crippen LogP contribution < -0.4 is 0 Å². The Kier molecular flexibility index (Phi) is 9.78. The normalized spacial score (nSPS) is 31.0. The van der Waals surface area contributed by atoms with Gasteiger partial charge >= 0.3 is 17.1 Å². The van der Waals surface area contributed by atoms with E-state index in [1.807, 2.05) is 30.3 Å². The Hall–Kier alpha value is -0.626. The number of aliphatic hydroxyl groups is 1. The van der Waals surface area contributed by atoms with Crippen LogP contribution in [-0.2, 0) is 33.8 Å². The lowest BCUT2D eigenvalue weighted by atomic mass is 9.99. The first kappa shape index (κ1) is 28.9. The molecule has 1 aromatic carbocycles. The zero-order chi connectivity index (χ0) is 26.0. The number of hydrogen-bond donors (Lipinski definition) is 1. The van der Waals surface area contributed by atoms with Gasteiger partial charge in [-0.25, -0.2) is 0 Å². The van der Waals surface area contributed by atoms with E-state index in [9.17, 15) is 5.11 Å². The molecule has 2 saturated heterocycles. The van der Waals surface area contributed by atoms with E-state index in [1.54, 1.807) is 7.11 Å². The maximum absolute atomic E-state index is 11.6. The number of aliphatic hydroxyl groups excluding tert-OH is 1. The van der Waals surface area contributed by atoms with E-state index in [-0.39, 0.29) is 28.8 Å². The Morgan fingerprint density at radius 2 is 1.49 bits per heavy atom. The molecule has 1 aromatic rings. The van der Waals surface area contributed by atoms with Crippen molar-refractivity contribution < 1.29 is 32.3 Å². The molecule has 0 amide bonds. The monoisotopic (exact) mass is 526 g/mol. The predicted octanol–water partition coefficient (Wildman–Crippen LogP) is 5.26. The third-order valence-corrected chi connectivity index (χ3v) is 17.7. The Balaban J connectivity index is 1.97. The SMILES string of the molecule is CO[C@H]1O[C@@H]2CO[Si](C(C)C)(C(C)C)O[Si](C(C)C)(C(C)C)O[C@H]2[C@H](O)[C@H]1OCc1ccccc1. The number of benzene rings is 1. The van der Waals surface area contributed by atoms with Gasteiger partial charge in [0.1, 0.15) is 24.4 Å². The third-order valence-electron chi connectivity index (χ3n) is 7.47. The van der Waals surface area contributed by atoms with Gasteiger partial charge in [0.25, 0.3) is 0 Å². The quantitative estimate of drug-likeness (QED) is 0.463. The third kappa shape index (κ3) is 5.78. The summed E-state index contributed by atoms with van der Waals surface area (Å²) in [7, 11) is -3.99. The fourth-order valence-electron chi connectivity index (χ4n) is 5.45. The zero-order valence-electron chi connectivity index (χ0n) is 22.9. The summed E-state index contributed by atoms with van der Waals surface area (Å²) < 4.78 is 39.2. The van der Waals surface area contributed by atoms with E-state index in [1.165, 1.54) is 0 Å². The highest BCUT2D eigenvalue weighted by Crippen LogP contribution is 2.47. The molecule has 2 heterocycles. The molecular weight excluding hydrogens is 480 g/mol. The molecule has 0 bridgehead atoms. The Labute approximate surface area is 213 Å². The fourth-order valence-corrected chi connectivity index (χ4v) is 16.7. The van der Waals surface area contributed by atoms with Crippen LogP contribution in [-0.4, -0.2) is 66.7 Å². The molecule has 0 spiro atoms. The summed E-state index contributed by atoms with van der Waals surface area (Å²) in [4.78, 5) is 0. The molecule has 200 valence electrons. The molecule has 2 aliphatic heterocycles. The van der Waals surface area contributed by atoms with Crippen molar-refractivity contribution in [1.82, 2.24) is 0 Å². The lowest BCUT2D eigenvalue weighted by molar-refractivity contribution is -0.305. The van der Waals surface area contributed by atoms with Crippen molar-refractivity contribution in [2.45, 2.75) is 115 Å². The Bertz CT molecular complexity index is 773. The Morgan fingerprint density at radius 3 is 2.00 bits per heavy atom. The van der Waals surface area contributed by atoms with Crippen LogP contribution >= 0.6 is 0 Å². The standard InChI is InChI=1S/C26H46O7Si2/c1-17(2)34(18(3)4)30-16-22-24(32-35(33-34,19(5)6)20(7)8)23(27)25(26(28-9)31-22)29-15-21-13-11-10-12-14-21/h10-14,17-20,22-27H,15-16H2,1-9H3/t22-,23+,24-,25-,26+/m1/s1. The summed E-state index contributed by atoms with van der Waals surface area (Å²) in [6, 6.07) is 9.88. The lowest BCUT2D eigenvalue weighted by Crippen LogP contribution is -2.70. The van der Waals surface area contributed by atoms with Crippen molar-refractivity contribution in [3.05, 3.63) is 35.9 Å². The number of hydrogen-bond acceptors (Lipinski definition) is 7. The molecule has 2 aliphatic rings. The summed E-state index contributed by atoms with van der Waals surface area (Å²) in [5.41, 5.74) is 1.80. The summed E-state index contributed by atoms with van der Waals surface area (Å²) >= 11 is 0. The van der Waals surface area contributed by atoms with Crippen molar-refractivity contribution in [2.24, 2.45) is 0 Å². The van der Waals surface area contributed by atoms with Crippen LogP contribution in [0, 0.1) is 0 Å². The van der Waals surface area contributed by atoms with Crippen LogP contribution in [0.4, 0.5) is 0 Å². The summed E-state index contributed by atoms with van der Waals surface area (Å²) in [5, 5.41) is 11.6.